The minimum Gasteiger partial charge on any atom is -0.349 e. The lowest BCUT2D eigenvalue weighted by atomic mass is 9.94. The molecule has 0 aliphatic rings. The van der Waals surface area contributed by atoms with Crippen molar-refractivity contribution in [2.45, 2.75) is 46.5 Å². The lowest BCUT2D eigenvalue weighted by molar-refractivity contribution is -0.627. The van der Waals surface area contributed by atoms with Crippen molar-refractivity contribution in [1.82, 2.24) is 10.2 Å². The number of quaternary nitrogens is 1. The van der Waals surface area contributed by atoms with Crippen molar-refractivity contribution in [3.63, 3.8) is 0 Å². The normalized spacial score (nSPS) is 11.6. The molecule has 0 radical (unpaired) electrons. The first kappa shape index (κ1) is 15.8. The second-order valence-electron chi connectivity index (χ2n) is 3.88. The van der Waals surface area contributed by atoms with E-state index in [1.165, 1.54) is 0 Å². The Hall–Kier alpha value is -1.16. The first-order chi connectivity index (χ1) is 8.19. The van der Waals surface area contributed by atoms with E-state index in [0.29, 0.717) is 5.92 Å². The van der Waals surface area contributed by atoms with Crippen molar-refractivity contribution in [2.24, 2.45) is 0 Å². The summed E-state index contributed by atoms with van der Waals surface area (Å²) in [7, 11) is 2.05. The molecule has 4 nitrogen and oxygen atoms in total. The first-order valence-electron chi connectivity index (χ1n) is 6.53. The van der Waals surface area contributed by atoms with E-state index < -0.39 is 0 Å². The van der Waals surface area contributed by atoms with Crippen molar-refractivity contribution >= 4 is 0 Å². The summed E-state index contributed by atoms with van der Waals surface area (Å²) in [5.74, 6) is 0.353. The van der Waals surface area contributed by atoms with Gasteiger partial charge in [-0.2, -0.15) is 5.10 Å². The third-order valence-electron chi connectivity index (χ3n) is 2.70. The topological polar surface area (TPSA) is 62.4 Å². The molecule has 1 heterocycles. The zero-order chi connectivity index (χ0) is 13.3. The standard InChI is InChI=1S/C11H19N3O.C2H6/c1-4-9(5-6-12-3)10-7-8(2)13-14-11(10)15;1-2/h7,9,12H,4-6H2,1-3H3,(H,14,15);1-2H3/p+1. The van der Waals surface area contributed by atoms with Crippen molar-refractivity contribution in [3.8, 4) is 0 Å². The summed E-state index contributed by atoms with van der Waals surface area (Å²) in [6, 6.07) is 1.91. The van der Waals surface area contributed by atoms with E-state index in [-0.39, 0.29) is 5.56 Å². The number of H-pyrrole nitrogens is 1. The van der Waals surface area contributed by atoms with Gasteiger partial charge in [-0.1, -0.05) is 20.8 Å². The van der Waals surface area contributed by atoms with E-state index >= 15 is 0 Å². The minimum absolute atomic E-state index is 0.0384. The molecule has 0 spiro atoms. The van der Waals surface area contributed by atoms with E-state index in [1.54, 1.807) is 0 Å². The Balaban J connectivity index is 0.00000121. The highest BCUT2D eigenvalue weighted by Gasteiger charge is 2.13. The molecule has 0 saturated carbocycles. The van der Waals surface area contributed by atoms with Crippen LogP contribution in [-0.2, 0) is 0 Å². The Bertz CT molecular complexity index is 360. The average molecular weight is 240 g/mol. The lowest BCUT2D eigenvalue weighted by Gasteiger charge is -2.12. The molecule has 0 amide bonds. The van der Waals surface area contributed by atoms with Gasteiger partial charge in [0.25, 0.3) is 5.56 Å². The molecule has 0 fully saturated rings. The SMILES string of the molecule is CC.CCC(CC[NH2+]C)c1cc(C)n[nH]c1=O. The zero-order valence-electron chi connectivity index (χ0n) is 11.7. The fraction of sp³-hybridized carbons (Fsp3) is 0.692. The van der Waals surface area contributed by atoms with Crippen LogP contribution in [0.2, 0.25) is 0 Å². The molecule has 98 valence electrons. The highest BCUT2D eigenvalue weighted by atomic mass is 16.1. The fourth-order valence-corrected chi connectivity index (χ4v) is 1.78. The Morgan fingerprint density at radius 1 is 1.47 bits per heavy atom. The van der Waals surface area contributed by atoms with Gasteiger partial charge in [0, 0.05) is 12.0 Å². The predicted molar refractivity (Wildman–Crippen MR) is 71.3 cm³/mol. The van der Waals surface area contributed by atoms with Gasteiger partial charge in [-0.15, -0.1) is 0 Å². The smallest absolute Gasteiger partial charge is 0.267 e. The van der Waals surface area contributed by atoms with E-state index in [9.17, 15) is 4.79 Å². The summed E-state index contributed by atoms with van der Waals surface area (Å²) in [6.45, 7) is 9.08. The highest BCUT2D eigenvalue weighted by Crippen LogP contribution is 2.18. The monoisotopic (exact) mass is 240 g/mol. The molecule has 0 aliphatic carbocycles. The molecular formula is C13H26N3O+. The van der Waals surface area contributed by atoms with Crippen LogP contribution in [0.1, 0.15) is 50.8 Å². The fourth-order valence-electron chi connectivity index (χ4n) is 1.78. The van der Waals surface area contributed by atoms with Crippen LogP contribution in [0.25, 0.3) is 0 Å². The minimum atomic E-state index is -0.0384. The Kier molecular flexibility index (Phi) is 8.32. The number of nitrogens with zero attached hydrogens (tertiary/aromatic N) is 1. The third kappa shape index (κ3) is 5.13. The maximum absolute atomic E-state index is 11.6. The molecule has 1 rings (SSSR count). The number of nitrogens with two attached hydrogens (primary N) is 1. The van der Waals surface area contributed by atoms with Crippen LogP contribution in [0.15, 0.2) is 10.9 Å². The number of aryl methyl sites for hydroxylation is 1. The number of hydrogen-bond acceptors (Lipinski definition) is 2. The molecule has 0 aromatic carbocycles. The molecule has 1 atom stereocenters. The van der Waals surface area contributed by atoms with Gasteiger partial charge in [0.15, 0.2) is 0 Å². The number of rotatable bonds is 5. The predicted octanol–water partition coefficient (Wildman–Crippen LogP) is 1.18. The molecule has 1 aromatic rings. The van der Waals surface area contributed by atoms with Crippen molar-refractivity contribution < 1.29 is 5.32 Å². The number of aromatic nitrogens is 2. The largest absolute Gasteiger partial charge is 0.349 e. The van der Waals surface area contributed by atoms with Gasteiger partial charge in [0.2, 0.25) is 0 Å². The van der Waals surface area contributed by atoms with Crippen LogP contribution in [0.5, 0.6) is 0 Å². The van der Waals surface area contributed by atoms with Crippen molar-refractivity contribution in [1.29, 1.82) is 0 Å². The quantitative estimate of drug-likeness (QED) is 0.812. The van der Waals surface area contributed by atoms with Gasteiger partial charge in [0.05, 0.1) is 19.3 Å². The summed E-state index contributed by atoms with van der Waals surface area (Å²) in [4.78, 5) is 11.6. The Labute approximate surface area is 104 Å². The van der Waals surface area contributed by atoms with Crippen LogP contribution in [0.4, 0.5) is 0 Å². The van der Waals surface area contributed by atoms with Crippen LogP contribution in [-0.4, -0.2) is 23.8 Å². The molecule has 3 N–H and O–H groups in total. The van der Waals surface area contributed by atoms with Crippen molar-refractivity contribution in [2.75, 3.05) is 13.6 Å². The second kappa shape index (κ2) is 8.93. The van der Waals surface area contributed by atoms with Gasteiger partial charge in [-0.05, 0) is 25.3 Å². The molecule has 0 bridgehead atoms. The molecule has 17 heavy (non-hydrogen) atoms. The molecule has 0 saturated heterocycles. The Morgan fingerprint density at radius 2 is 2.12 bits per heavy atom. The molecule has 1 aromatic heterocycles. The molecule has 0 aliphatic heterocycles. The summed E-state index contributed by atoms with van der Waals surface area (Å²) in [5, 5.41) is 8.58. The molecular weight excluding hydrogens is 214 g/mol. The average Bonchev–Trinajstić information content (AvgIpc) is 2.36. The number of nitrogens with one attached hydrogen (secondary N) is 1. The Morgan fingerprint density at radius 3 is 2.65 bits per heavy atom. The highest BCUT2D eigenvalue weighted by molar-refractivity contribution is 5.16. The van der Waals surface area contributed by atoms with E-state index in [2.05, 4.69) is 29.5 Å². The van der Waals surface area contributed by atoms with Gasteiger partial charge in [0.1, 0.15) is 0 Å². The van der Waals surface area contributed by atoms with Crippen LogP contribution < -0.4 is 10.9 Å². The number of hydrogen-bond donors (Lipinski definition) is 2. The first-order valence-corrected chi connectivity index (χ1v) is 6.53. The third-order valence-corrected chi connectivity index (χ3v) is 2.70. The van der Waals surface area contributed by atoms with Gasteiger partial charge in [-0.25, -0.2) is 5.10 Å². The van der Waals surface area contributed by atoms with Gasteiger partial charge < -0.3 is 5.32 Å². The van der Waals surface area contributed by atoms with Crippen LogP contribution in [0.3, 0.4) is 0 Å². The van der Waals surface area contributed by atoms with E-state index in [1.807, 2.05) is 26.8 Å². The summed E-state index contributed by atoms with van der Waals surface area (Å²) >= 11 is 0. The summed E-state index contributed by atoms with van der Waals surface area (Å²) in [5.41, 5.74) is 1.72. The lowest BCUT2D eigenvalue weighted by Crippen LogP contribution is -2.79. The second-order valence-corrected chi connectivity index (χ2v) is 3.88. The van der Waals surface area contributed by atoms with E-state index in [4.69, 9.17) is 0 Å². The van der Waals surface area contributed by atoms with E-state index in [0.717, 1.165) is 30.6 Å². The molecule has 4 heteroatoms. The summed E-state index contributed by atoms with van der Waals surface area (Å²) < 4.78 is 0. The zero-order valence-corrected chi connectivity index (χ0v) is 11.7. The van der Waals surface area contributed by atoms with Crippen molar-refractivity contribution in [3.05, 3.63) is 27.7 Å². The van der Waals surface area contributed by atoms with Crippen LogP contribution in [0, 0.1) is 6.92 Å². The maximum atomic E-state index is 11.6. The van der Waals surface area contributed by atoms with Crippen LogP contribution >= 0.6 is 0 Å². The summed E-state index contributed by atoms with van der Waals surface area (Å²) in [6.07, 6.45) is 2.04. The van der Waals surface area contributed by atoms with Gasteiger partial charge in [-0.3, -0.25) is 4.79 Å². The maximum Gasteiger partial charge on any atom is 0.267 e. The molecule has 1 unspecified atom stereocenters. The van der Waals surface area contributed by atoms with Gasteiger partial charge >= 0.3 is 0 Å². The number of aromatic amines is 1.